The average Bonchev–Trinajstić information content (AvgIpc) is 2.95. The van der Waals surface area contributed by atoms with Crippen LogP contribution >= 0.6 is 0 Å². The van der Waals surface area contributed by atoms with Crippen LogP contribution in [-0.4, -0.2) is 44.8 Å². The number of carbonyl (C=O) groups excluding carboxylic acids is 1. The van der Waals surface area contributed by atoms with Crippen LogP contribution in [0.25, 0.3) is 0 Å². The van der Waals surface area contributed by atoms with Gasteiger partial charge in [-0.1, -0.05) is 0 Å². The summed E-state index contributed by atoms with van der Waals surface area (Å²) >= 11 is 0. The van der Waals surface area contributed by atoms with E-state index in [9.17, 15) is 22.8 Å². The Labute approximate surface area is 111 Å². The van der Waals surface area contributed by atoms with Gasteiger partial charge in [-0.15, -0.1) is 0 Å². The maximum atomic E-state index is 12.3. The van der Waals surface area contributed by atoms with E-state index in [2.05, 4.69) is 5.10 Å². The second-order valence-corrected chi connectivity index (χ2v) is 4.56. The van der Waals surface area contributed by atoms with Gasteiger partial charge < -0.3 is 10.0 Å². The monoisotopic (exact) mass is 291 g/mol. The third-order valence-electron chi connectivity index (χ3n) is 3.12. The lowest BCUT2D eigenvalue weighted by molar-refractivity contribution is -0.143. The summed E-state index contributed by atoms with van der Waals surface area (Å²) in [7, 11) is 0. The molecular formula is C11H12F3N3O3. The number of carboxylic acids is 1. The Morgan fingerprint density at radius 1 is 1.45 bits per heavy atom. The number of amides is 1. The number of alkyl halides is 3. The predicted molar refractivity (Wildman–Crippen MR) is 59.6 cm³/mol. The van der Waals surface area contributed by atoms with Gasteiger partial charge in [0.25, 0.3) is 0 Å². The van der Waals surface area contributed by atoms with E-state index in [1.54, 1.807) is 0 Å². The number of halogens is 3. The number of carboxylic acid groups (broad SMARTS) is 1. The normalized spacial score (nSPS) is 19.4. The van der Waals surface area contributed by atoms with Crippen molar-refractivity contribution in [1.82, 2.24) is 14.7 Å². The minimum atomic E-state index is -4.55. The molecule has 1 unspecified atom stereocenters. The Hall–Kier alpha value is -2.06. The van der Waals surface area contributed by atoms with Crippen LogP contribution < -0.4 is 0 Å². The first kappa shape index (κ1) is 14.4. The summed E-state index contributed by atoms with van der Waals surface area (Å²) < 4.78 is 37.9. The standard InChI is InChI=1S/C11H12F3N3O3/c12-11(13,14)8-2-4-17(15-8)6-9(18)16-3-1-7(5-16)10(19)20/h2,4,7H,1,3,5-6H2,(H,19,20). The van der Waals surface area contributed by atoms with Gasteiger partial charge in [-0.3, -0.25) is 14.3 Å². The Balaban J connectivity index is 1.95. The first-order valence-corrected chi connectivity index (χ1v) is 5.88. The number of likely N-dealkylation sites (tertiary alicyclic amines) is 1. The molecule has 6 nitrogen and oxygen atoms in total. The lowest BCUT2D eigenvalue weighted by Gasteiger charge is -2.15. The first-order valence-electron chi connectivity index (χ1n) is 5.88. The number of rotatable bonds is 3. The summed E-state index contributed by atoms with van der Waals surface area (Å²) in [5.74, 6) is -2.02. The molecule has 9 heteroatoms. The van der Waals surface area contributed by atoms with Gasteiger partial charge in [0, 0.05) is 19.3 Å². The summed E-state index contributed by atoms with van der Waals surface area (Å²) in [6.45, 7) is 0.0488. The summed E-state index contributed by atoms with van der Waals surface area (Å²) in [6.07, 6.45) is -3.12. The van der Waals surface area contributed by atoms with Crippen LogP contribution in [-0.2, 0) is 22.3 Å². The molecule has 1 N–H and O–H groups in total. The molecule has 1 aliphatic rings. The van der Waals surface area contributed by atoms with E-state index in [1.807, 2.05) is 0 Å². The molecule has 0 bridgehead atoms. The summed E-state index contributed by atoms with van der Waals surface area (Å²) in [5, 5.41) is 12.1. The van der Waals surface area contributed by atoms with E-state index >= 15 is 0 Å². The molecule has 1 fully saturated rings. The molecule has 0 radical (unpaired) electrons. The second-order valence-electron chi connectivity index (χ2n) is 4.56. The molecule has 110 valence electrons. The summed E-state index contributed by atoms with van der Waals surface area (Å²) in [6, 6.07) is 0.789. The highest BCUT2D eigenvalue weighted by molar-refractivity contribution is 5.78. The zero-order valence-corrected chi connectivity index (χ0v) is 10.3. The highest BCUT2D eigenvalue weighted by atomic mass is 19.4. The molecule has 0 spiro atoms. The molecule has 2 rings (SSSR count). The van der Waals surface area contributed by atoms with Crippen molar-refractivity contribution >= 4 is 11.9 Å². The maximum absolute atomic E-state index is 12.3. The lowest BCUT2D eigenvalue weighted by atomic mass is 10.1. The fraction of sp³-hybridized carbons (Fsp3) is 0.545. The van der Waals surface area contributed by atoms with Crippen LogP contribution in [0.3, 0.4) is 0 Å². The van der Waals surface area contributed by atoms with Crippen molar-refractivity contribution in [2.24, 2.45) is 5.92 Å². The third-order valence-corrected chi connectivity index (χ3v) is 3.12. The van der Waals surface area contributed by atoms with Gasteiger partial charge in [0.15, 0.2) is 5.69 Å². The molecule has 1 atom stereocenters. The minimum Gasteiger partial charge on any atom is -0.481 e. The molecule has 0 aromatic carbocycles. The van der Waals surface area contributed by atoms with Crippen molar-refractivity contribution in [3.05, 3.63) is 18.0 Å². The van der Waals surface area contributed by atoms with Gasteiger partial charge in [0.05, 0.1) is 5.92 Å². The Bertz CT molecular complexity index is 526. The molecular weight excluding hydrogens is 279 g/mol. The van der Waals surface area contributed by atoms with Gasteiger partial charge in [-0.25, -0.2) is 0 Å². The predicted octanol–water partition coefficient (Wildman–Crippen LogP) is 0.835. The second kappa shape index (κ2) is 5.14. The van der Waals surface area contributed by atoms with Crippen molar-refractivity contribution in [1.29, 1.82) is 0 Å². The van der Waals surface area contributed by atoms with Crippen molar-refractivity contribution < 1.29 is 27.9 Å². The number of aromatic nitrogens is 2. The fourth-order valence-electron chi connectivity index (χ4n) is 2.03. The number of nitrogens with zero attached hydrogens (tertiary/aromatic N) is 3. The van der Waals surface area contributed by atoms with Crippen molar-refractivity contribution in [2.45, 2.75) is 19.1 Å². The number of aliphatic carboxylic acids is 1. The van der Waals surface area contributed by atoms with Crippen molar-refractivity contribution in [3.8, 4) is 0 Å². The van der Waals surface area contributed by atoms with E-state index in [0.29, 0.717) is 13.0 Å². The molecule has 2 heterocycles. The van der Waals surface area contributed by atoms with Crippen molar-refractivity contribution in [2.75, 3.05) is 13.1 Å². The SMILES string of the molecule is O=C(O)C1CCN(C(=O)Cn2ccc(C(F)(F)F)n2)C1. The van der Waals surface area contributed by atoms with E-state index in [4.69, 9.17) is 5.11 Å². The highest BCUT2D eigenvalue weighted by Crippen LogP contribution is 2.27. The largest absolute Gasteiger partial charge is 0.481 e. The van der Waals surface area contributed by atoms with Gasteiger partial charge in [0.2, 0.25) is 5.91 Å². The Morgan fingerprint density at radius 3 is 2.65 bits per heavy atom. The third kappa shape index (κ3) is 3.09. The van der Waals surface area contributed by atoms with E-state index < -0.39 is 29.7 Å². The van der Waals surface area contributed by atoms with Crippen LogP contribution in [0, 0.1) is 5.92 Å². The molecule has 1 amide bonds. The number of carbonyl (C=O) groups is 2. The molecule has 0 saturated carbocycles. The minimum absolute atomic E-state index is 0.0849. The molecule has 1 aromatic rings. The first-order chi connectivity index (χ1) is 9.27. The fourth-order valence-corrected chi connectivity index (χ4v) is 2.03. The summed E-state index contributed by atoms with van der Waals surface area (Å²) in [5.41, 5.74) is -1.06. The van der Waals surface area contributed by atoms with Crippen LogP contribution in [0.1, 0.15) is 12.1 Å². The van der Waals surface area contributed by atoms with E-state index in [-0.39, 0.29) is 13.1 Å². The van der Waals surface area contributed by atoms with E-state index in [1.165, 1.54) is 4.90 Å². The van der Waals surface area contributed by atoms with Crippen LogP contribution in [0.15, 0.2) is 12.3 Å². The van der Waals surface area contributed by atoms with Crippen LogP contribution in [0.5, 0.6) is 0 Å². The molecule has 0 aliphatic carbocycles. The van der Waals surface area contributed by atoms with Gasteiger partial charge in [-0.2, -0.15) is 18.3 Å². The highest BCUT2D eigenvalue weighted by Gasteiger charge is 2.34. The van der Waals surface area contributed by atoms with Crippen LogP contribution in [0.4, 0.5) is 13.2 Å². The zero-order chi connectivity index (χ0) is 14.9. The Morgan fingerprint density at radius 2 is 2.15 bits per heavy atom. The van der Waals surface area contributed by atoms with Crippen molar-refractivity contribution in [3.63, 3.8) is 0 Å². The summed E-state index contributed by atoms with van der Waals surface area (Å²) in [4.78, 5) is 23.9. The molecule has 1 aliphatic heterocycles. The number of hydrogen-bond acceptors (Lipinski definition) is 3. The van der Waals surface area contributed by atoms with Crippen LogP contribution in [0.2, 0.25) is 0 Å². The lowest BCUT2D eigenvalue weighted by Crippen LogP contribution is -2.33. The van der Waals surface area contributed by atoms with Gasteiger partial charge in [0.1, 0.15) is 6.54 Å². The zero-order valence-electron chi connectivity index (χ0n) is 10.3. The Kier molecular flexibility index (Phi) is 3.69. The van der Waals surface area contributed by atoms with E-state index in [0.717, 1.165) is 16.9 Å². The quantitative estimate of drug-likeness (QED) is 0.895. The van der Waals surface area contributed by atoms with Gasteiger partial charge in [-0.05, 0) is 12.5 Å². The number of hydrogen-bond donors (Lipinski definition) is 1. The topological polar surface area (TPSA) is 75.4 Å². The molecule has 1 saturated heterocycles. The molecule has 1 aromatic heterocycles. The van der Waals surface area contributed by atoms with Gasteiger partial charge >= 0.3 is 12.1 Å². The molecule has 20 heavy (non-hydrogen) atoms. The smallest absolute Gasteiger partial charge is 0.435 e. The maximum Gasteiger partial charge on any atom is 0.435 e. The average molecular weight is 291 g/mol.